The number of hydrogen-bond donors (Lipinski definition) is 3. The maximum Gasteiger partial charge on any atom is 0.319 e. The third kappa shape index (κ3) is 4.70. The van der Waals surface area contributed by atoms with Gasteiger partial charge in [0.05, 0.1) is 12.0 Å². The lowest BCUT2D eigenvalue weighted by Gasteiger charge is -2.10. The van der Waals surface area contributed by atoms with E-state index in [0.717, 1.165) is 5.56 Å². The number of ether oxygens (including phenoxy) is 1. The smallest absolute Gasteiger partial charge is 0.319 e. The van der Waals surface area contributed by atoms with Crippen LogP contribution in [0, 0.1) is 0 Å². The largest absolute Gasteiger partial charge is 0.496 e. The standard InChI is InChI=1S/C15H16N2O5S/c1-22-14-5-3-2-4-11(14)10-16-15(18)17-12-6-8-13(9-7-12)23(19,20)21/h2-9H,10H2,1H3,(H2,16,17,18)(H,19,20,21). The summed E-state index contributed by atoms with van der Waals surface area (Å²) in [6.45, 7) is 0.277. The van der Waals surface area contributed by atoms with Gasteiger partial charge in [-0.2, -0.15) is 8.42 Å². The molecule has 23 heavy (non-hydrogen) atoms. The molecule has 0 saturated carbocycles. The van der Waals surface area contributed by atoms with E-state index in [1.165, 1.54) is 24.3 Å². The van der Waals surface area contributed by atoms with E-state index in [4.69, 9.17) is 9.29 Å². The first kappa shape index (κ1) is 16.8. The summed E-state index contributed by atoms with van der Waals surface area (Å²) >= 11 is 0. The molecule has 0 radical (unpaired) electrons. The van der Waals surface area contributed by atoms with Crippen LogP contribution < -0.4 is 15.4 Å². The summed E-state index contributed by atoms with van der Waals surface area (Å²) in [6, 6.07) is 12.0. The Kier molecular flexibility index (Phi) is 5.20. The Bertz CT molecular complexity index is 788. The summed E-state index contributed by atoms with van der Waals surface area (Å²) in [5.41, 5.74) is 1.22. The Balaban J connectivity index is 1.95. The Hall–Kier alpha value is -2.58. The van der Waals surface area contributed by atoms with Gasteiger partial charge in [0, 0.05) is 17.8 Å². The number of para-hydroxylation sites is 1. The van der Waals surface area contributed by atoms with E-state index in [9.17, 15) is 13.2 Å². The third-order valence-electron chi connectivity index (χ3n) is 3.04. The minimum atomic E-state index is -4.24. The van der Waals surface area contributed by atoms with Gasteiger partial charge in [0.25, 0.3) is 10.1 Å². The highest BCUT2D eigenvalue weighted by Gasteiger charge is 2.09. The maximum atomic E-state index is 11.8. The van der Waals surface area contributed by atoms with Gasteiger partial charge >= 0.3 is 6.03 Å². The minimum Gasteiger partial charge on any atom is -0.496 e. The summed E-state index contributed by atoms with van der Waals surface area (Å²) in [7, 11) is -2.69. The minimum absolute atomic E-state index is 0.238. The van der Waals surface area contributed by atoms with Crippen LogP contribution in [0.1, 0.15) is 5.56 Å². The molecule has 2 amide bonds. The lowest BCUT2D eigenvalue weighted by atomic mass is 10.2. The zero-order valence-electron chi connectivity index (χ0n) is 12.3. The molecule has 0 aromatic heterocycles. The first-order valence-corrected chi connectivity index (χ1v) is 8.08. The van der Waals surface area contributed by atoms with Gasteiger partial charge in [0.2, 0.25) is 0 Å². The van der Waals surface area contributed by atoms with Gasteiger partial charge in [-0.15, -0.1) is 0 Å². The highest BCUT2D eigenvalue weighted by atomic mass is 32.2. The van der Waals surface area contributed by atoms with Crippen molar-refractivity contribution in [2.24, 2.45) is 0 Å². The Labute approximate surface area is 134 Å². The maximum absolute atomic E-state index is 11.8. The van der Waals surface area contributed by atoms with Gasteiger partial charge in [0.15, 0.2) is 0 Å². The monoisotopic (exact) mass is 336 g/mol. The number of amides is 2. The van der Waals surface area contributed by atoms with Crippen LogP contribution in [0.4, 0.5) is 10.5 Å². The number of methoxy groups -OCH3 is 1. The number of carbonyl (C=O) groups excluding carboxylic acids is 1. The number of benzene rings is 2. The number of anilines is 1. The fourth-order valence-electron chi connectivity index (χ4n) is 1.91. The molecular weight excluding hydrogens is 320 g/mol. The fraction of sp³-hybridized carbons (Fsp3) is 0.133. The van der Waals surface area contributed by atoms with Crippen LogP contribution in [0.25, 0.3) is 0 Å². The quantitative estimate of drug-likeness (QED) is 0.727. The van der Waals surface area contributed by atoms with Crippen LogP contribution in [-0.4, -0.2) is 26.1 Å². The predicted octanol–water partition coefficient (Wildman–Crippen LogP) is 2.26. The highest BCUT2D eigenvalue weighted by molar-refractivity contribution is 7.85. The molecule has 3 N–H and O–H groups in total. The zero-order chi connectivity index (χ0) is 16.9. The number of hydrogen-bond acceptors (Lipinski definition) is 4. The van der Waals surface area contributed by atoms with Gasteiger partial charge in [-0.25, -0.2) is 4.79 Å². The molecule has 0 bridgehead atoms. The molecule has 0 aliphatic rings. The van der Waals surface area contributed by atoms with Crippen LogP contribution in [0.5, 0.6) is 5.75 Å². The second-order valence-corrected chi connectivity index (χ2v) is 6.04. The SMILES string of the molecule is COc1ccccc1CNC(=O)Nc1ccc(S(=O)(=O)O)cc1. The average Bonchev–Trinajstić information content (AvgIpc) is 2.53. The first-order valence-electron chi connectivity index (χ1n) is 6.64. The molecule has 0 aliphatic heterocycles. The second kappa shape index (κ2) is 7.12. The van der Waals surface area contributed by atoms with E-state index in [0.29, 0.717) is 11.4 Å². The molecule has 2 aromatic carbocycles. The fourth-order valence-corrected chi connectivity index (χ4v) is 2.39. The molecule has 0 spiro atoms. The second-order valence-electron chi connectivity index (χ2n) is 4.62. The van der Waals surface area contributed by atoms with Crippen LogP contribution in [-0.2, 0) is 16.7 Å². The van der Waals surface area contributed by atoms with E-state index in [1.54, 1.807) is 13.2 Å². The summed E-state index contributed by atoms with van der Waals surface area (Å²) in [6.07, 6.45) is 0. The summed E-state index contributed by atoms with van der Waals surface area (Å²) in [5.74, 6) is 0.672. The predicted molar refractivity (Wildman–Crippen MR) is 85.1 cm³/mol. The summed E-state index contributed by atoms with van der Waals surface area (Å²) in [4.78, 5) is 11.6. The van der Waals surface area contributed by atoms with Gasteiger partial charge in [-0.05, 0) is 30.3 Å². The number of urea groups is 1. The molecule has 0 atom stereocenters. The number of nitrogens with one attached hydrogen (secondary N) is 2. The van der Waals surface area contributed by atoms with Crippen LogP contribution in [0.3, 0.4) is 0 Å². The van der Waals surface area contributed by atoms with Gasteiger partial charge in [-0.1, -0.05) is 18.2 Å². The van der Waals surface area contributed by atoms with Gasteiger partial charge in [-0.3, -0.25) is 4.55 Å². The molecule has 2 aromatic rings. The third-order valence-corrected chi connectivity index (χ3v) is 3.91. The Morgan fingerprint density at radius 3 is 2.39 bits per heavy atom. The Morgan fingerprint density at radius 1 is 1.13 bits per heavy atom. The van der Waals surface area contributed by atoms with Gasteiger partial charge in [0.1, 0.15) is 5.75 Å². The molecule has 8 heteroatoms. The molecule has 0 saturated heterocycles. The summed E-state index contributed by atoms with van der Waals surface area (Å²) < 4.78 is 35.9. The summed E-state index contributed by atoms with van der Waals surface area (Å²) in [5, 5.41) is 5.23. The van der Waals surface area contributed by atoms with E-state index in [-0.39, 0.29) is 11.4 Å². The molecule has 122 valence electrons. The lowest BCUT2D eigenvalue weighted by molar-refractivity contribution is 0.251. The average molecular weight is 336 g/mol. The van der Waals surface area contributed by atoms with Crippen molar-refractivity contribution in [3.8, 4) is 5.75 Å². The van der Waals surface area contributed by atoms with Crippen molar-refractivity contribution in [2.45, 2.75) is 11.4 Å². The Morgan fingerprint density at radius 2 is 1.78 bits per heavy atom. The molecule has 0 fully saturated rings. The van der Waals surface area contributed by atoms with Gasteiger partial charge < -0.3 is 15.4 Å². The molecular formula is C15H16N2O5S. The van der Waals surface area contributed by atoms with Crippen molar-refractivity contribution in [3.63, 3.8) is 0 Å². The molecule has 2 rings (SSSR count). The zero-order valence-corrected chi connectivity index (χ0v) is 13.1. The first-order chi connectivity index (χ1) is 10.9. The molecule has 0 unspecified atom stereocenters. The van der Waals surface area contributed by atoms with E-state index < -0.39 is 16.1 Å². The van der Waals surface area contributed by atoms with E-state index >= 15 is 0 Å². The van der Waals surface area contributed by atoms with Crippen LogP contribution in [0.2, 0.25) is 0 Å². The molecule has 0 heterocycles. The van der Waals surface area contributed by atoms with E-state index in [1.807, 2.05) is 18.2 Å². The molecule has 7 nitrogen and oxygen atoms in total. The van der Waals surface area contributed by atoms with E-state index in [2.05, 4.69) is 10.6 Å². The van der Waals surface area contributed by atoms with Crippen molar-refractivity contribution >= 4 is 21.8 Å². The van der Waals surface area contributed by atoms with Crippen LogP contribution in [0.15, 0.2) is 53.4 Å². The van der Waals surface area contributed by atoms with Crippen molar-refractivity contribution in [1.29, 1.82) is 0 Å². The normalized spacial score (nSPS) is 10.9. The topological polar surface area (TPSA) is 105 Å². The lowest BCUT2D eigenvalue weighted by Crippen LogP contribution is -2.28. The van der Waals surface area contributed by atoms with Crippen molar-refractivity contribution in [1.82, 2.24) is 5.32 Å². The molecule has 0 aliphatic carbocycles. The van der Waals surface area contributed by atoms with Crippen molar-refractivity contribution in [3.05, 3.63) is 54.1 Å². The number of carbonyl (C=O) groups is 1. The highest BCUT2D eigenvalue weighted by Crippen LogP contribution is 2.17. The van der Waals surface area contributed by atoms with Crippen molar-refractivity contribution in [2.75, 3.05) is 12.4 Å². The van der Waals surface area contributed by atoms with Crippen LogP contribution >= 0.6 is 0 Å². The number of rotatable bonds is 5. The van der Waals surface area contributed by atoms with Crippen molar-refractivity contribution < 1.29 is 22.5 Å².